The maximum absolute atomic E-state index is 12.2. The third-order valence-electron chi connectivity index (χ3n) is 3.66. The predicted octanol–water partition coefficient (Wildman–Crippen LogP) is 2.09. The van der Waals surface area contributed by atoms with Crippen LogP contribution in [0.1, 0.15) is 18.6 Å². The average molecular weight is 301 g/mol. The molecule has 2 heterocycles. The van der Waals surface area contributed by atoms with Crippen LogP contribution in [0.4, 0.5) is 5.69 Å². The number of nitrogens with two attached hydrogens (primary N) is 1. The smallest absolute Gasteiger partial charge is 0.253 e. The number of hydrogen-bond donors (Lipinski definition) is 2. The van der Waals surface area contributed by atoms with E-state index in [-0.39, 0.29) is 12.0 Å². The van der Waals surface area contributed by atoms with Crippen molar-refractivity contribution in [3.05, 3.63) is 36.2 Å². The summed E-state index contributed by atoms with van der Waals surface area (Å²) >= 11 is 0. The van der Waals surface area contributed by atoms with E-state index in [1.165, 1.54) is 0 Å². The molecule has 1 aliphatic heterocycles. The largest absolute Gasteiger partial charge is 0.441 e. The monoisotopic (exact) mass is 301 g/mol. The molecule has 116 valence electrons. The highest BCUT2D eigenvalue weighted by Gasteiger charge is 2.29. The number of aromatic nitrogens is 1. The number of aryl methyl sites for hydroxylation is 1. The number of nitrogens with one attached hydrogen (secondary N) is 1. The van der Waals surface area contributed by atoms with E-state index >= 15 is 0 Å². The minimum absolute atomic E-state index is 0.0163. The quantitative estimate of drug-likeness (QED) is 0.902. The van der Waals surface area contributed by atoms with E-state index in [2.05, 4.69) is 10.3 Å². The number of ether oxygens (including phenoxy) is 1. The van der Waals surface area contributed by atoms with E-state index in [0.717, 1.165) is 17.7 Å². The van der Waals surface area contributed by atoms with Gasteiger partial charge in [0, 0.05) is 17.8 Å². The summed E-state index contributed by atoms with van der Waals surface area (Å²) in [5.74, 6) is 1.14. The normalized spacial score (nSPS) is 21.0. The van der Waals surface area contributed by atoms with Gasteiger partial charge in [0.25, 0.3) is 5.91 Å². The van der Waals surface area contributed by atoms with Gasteiger partial charge in [-0.25, -0.2) is 4.98 Å². The molecule has 22 heavy (non-hydrogen) atoms. The predicted molar refractivity (Wildman–Crippen MR) is 82.3 cm³/mol. The van der Waals surface area contributed by atoms with Crippen LogP contribution in [0.3, 0.4) is 0 Å². The Morgan fingerprint density at radius 1 is 1.45 bits per heavy atom. The second kappa shape index (κ2) is 6.29. The molecular weight excluding hydrogens is 282 g/mol. The molecule has 3 rings (SSSR count). The molecule has 0 aliphatic carbocycles. The SMILES string of the molecule is Cc1cnc(-c2cccc(NC(=O)[C@@H]3CC[C@H](CN)O3)c2)o1. The van der Waals surface area contributed by atoms with Crippen LogP contribution < -0.4 is 11.1 Å². The highest BCUT2D eigenvalue weighted by Crippen LogP contribution is 2.24. The first kappa shape index (κ1) is 14.7. The third-order valence-corrected chi connectivity index (χ3v) is 3.66. The van der Waals surface area contributed by atoms with E-state index in [0.29, 0.717) is 24.5 Å². The second-order valence-corrected chi connectivity index (χ2v) is 5.41. The minimum Gasteiger partial charge on any atom is -0.441 e. The summed E-state index contributed by atoms with van der Waals surface area (Å²) in [6.45, 7) is 2.29. The summed E-state index contributed by atoms with van der Waals surface area (Å²) in [7, 11) is 0. The molecule has 0 radical (unpaired) electrons. The summed E-state index contributed by atoms with van der Waals surface area (Å²) in [5, 5.41) is 2.87. The molecule has 1 aromatic carbocycles. The zero-order valence-electron chi connectivity index (χ0n) is 12.4. The topological polar surface area (TPSA) is 90.4 Å². The van der Waals surface area contributed by atoms with Crippen molar-refractivity contribution in [1.82, 2.24) is 4.98 Å². The molecule has 3 N–H and O–H groups in total. The van der Waals surface area contributed by atoms with Crippen LogP contribution >= 0.6 is 0 Å². The number of anilines is 1. The van der Waals surface area contributed by atoms with Gasteiger partial charge in [-0.1, -0.05) is 6.07 Å². The van der Waals surface area contributed by atoms with Gasteiger partial charge in [-0.2, -0.15) is 0 Å². The molecule has 6 nitrogen and oxygen atoms in total. The van der Waals surface area contributed by atoms with E-state index in [1.807, 2.05) is 31.2 Å². The van der Waals surface area contributed by atoms with Gasteiger partial charge < -0.3 is 20.2 Å². The van der Waals surface area contributed by atoms with E-state index in [4.69, 9.17) is 14.9 Å². The summed E-state index contributed by atoms with van der Waals surface area (Å²) < 4.78 is 11.1. The number of benzene rings is 1. The van der Waals surface area contributed by atoms with Gasteiger partial charge in [0.1, 0.15) is 11.9 Å². The van der Waals surface area contributed by atoms with E-state index < -0.39 is 6.10 Å². The third kappa shape index (κ3) is 3.18. The van der Waals surface area contributed by atoms with Crippen LogP contribution in [0.15, 0.2) is 34.9 Å². The molecule has 0 bridgehead atoms. The first-order chi connectivity index (χ1) is 10.7. The fourth-order valence-corrected chi connectivity index (χ4v) is 2.51. The van der Waals surface area contributed by atoms with Crippen molar-refractivity contribution in [3.8, 4) is 11.5 Å². The summed E-state index contributed by atoms with van der Waals surface area (Å²) in [6.07, 6.45) is 2.75. The molecule has 1 saturated heterocycles. The molecule has 2 aromatic rings. The molecular formula is C16H19N3O3. The van der Waals surface area contributed by atoms with Crippen molar-refractivity contribution >= 4 is 11.6 Å². The number of rotatable bonds is 4. The molecule has 0 unspecified atom stereocenters. The van der Waals surface area contributed by atoms with E-state index in [9.17, 15) is 4.79 Å². The fourth-order valence-electron chi connectivity index (χ4n) is 2.51. The van der Waals surface area contributed by atoms with Gasteiger partial charge in [0.05, 0.1) is 12.3 Å². The van der Waals surface area contributed by atoms with Gasteiger partial charge in [0.2, 0.25) is 5.89 Å². The van der Waals surface area contributed by atoms with Crippen LogP contribution in [0.5, 0.6) is 0 Å². The molecule has 1 fully saturated rings. The number of carbonyl (C=O) groups excluding carboxylic acids is 1. The Kier molecular flexibility index (Phi) is 4.22. The minimum atomic E-state index is -0.429. The molecule has 1 aliphatic rings. The van der Waals surface area contributed by atoms with Crippen LogP contribution in [0.2, 0.25) is 0 Å². The highest BCUT2D eigenvalue weighted by molar-refractivity contribution is 5.94. The first-order valence-corrected chi connectivity index (χ1v) is 7.35. The summed E-state index contributed by atoms with van der Waals surface area (Å²) in [5.41, 5.74) is 7.07. The van der Waals surface area contributed by atoms with E-state index in [1.54, 1.807) is 6.20 Å². The van der Waals surface area contributed by atoms with Crippen molar-refractivity contribution in [1.29, 1.82) is 0 Å². The summed E-state index contributed by atoms with van der Waals surface area (Å²) in [6, 6.07) is 7.39. The average Bonchev–Trinajstić information content (AvgIpc) is 3.16. The molecule has 6 heteroatoms. The lowest BCUT2D eigenvalue weighted by atomic mass is 10.1. The van der Waals surface area contributed by atoms with Crippen molar-refractivity contribution in [2.75, 3.05) is 11.9 Å². The Morgan fingerprint density at radius 3 is 3.00 bits per heavy atom. The lowest BCUT2D eigenvalue weighted by Gasteiger charge is -2.13. The first-order valence-electron chi connectivity index (χ1n) is 7.35. The lowest BCUT2D eigenvalue weighted by molar-refractivity contribution is -0.126. The van der Waals surface area contributed by atoms with Crippen LogP contribution in [0, 0.1) is 6.92 Å². The number of hydrogen-bond acceptors (Lipinski definition) is 5. The van der Waals surface area contributed by atoms with Gasteiger partial charge in [-0.05, 0) is 38.0 Å². The number of amides is 1. The zero-order chi connectivity index (χ0) is 15.5. The van der Waals surface area contributed by atoms with Crippen molar-refractivity contribution in [3.63, 3.8) is 0 Å². The van der Waals surface area contributed by atoms with Gasteiger partial charge in [-0.3, -0.25) is 4.79 Å². The van der Waals surface area contributed by atoms with Crippen LogP contribution in [0.25, 0.3) is 11.5 Å². The van der Waals surface area contributed by atoms with Gasteiger partial charge >= 0.3 is 0 Å². The van der Waals surface area contributed by atoms with Crippen molar-refractivity contribution in [2.24, 2.45) is 5.73 Å². The van der Waals surface area contributed by atoms with Gasteiger partial charge in [0.15, 0.2) is 0 Å². The van der Waals surface area contributed by atoms with Crippen LogP contribution in [-0.4, -0.2) is 29.6 Å². The maximum Gasteiger partial charge on any atom is 0.253 e. The number of carbonyl (C=O) groups is 1. The maximum atomic E-state index is 12.2. The molecule has 2 atom stereocenters. The van der Waals surface area contributed by atoms with Crippen molar-refractivity contribution in [2.45, 2.75) is 32.0 Å². The Hall–Kier alpha value is -2.18. The molecule has 0 saturated carbocycles. The van der Waals surface area contributed by atoms with Gasteiger partial charge in [-0.15, -0.1) is 0 Å². The Bertz CT molecular complexity index is 668. The summed E-state index contributed by atoms with van der Waals surface area (Å²) in [4.78, 5) is 16.4. The molecule has 1 aromatic heterocycles. The Balaban J connectivity index is 1.69. The number of oxazole rings is 1. The second-order valence-electron chi connectivity index (χ2n) is 5.41. The zero-order valence-corrected chi connectivity index (χ0v) is 12.4. The lowest BCUT2D eigenvalue weighted by Crippen LogP contribution is -2.29. The number of nitrogens with zero attached hydrogens (tertiary/aromatic N) is 1. The molecule has 1 amide bonds. The Labute approximate surface area is 128 Å². The highest BCUT2D eigenvalue weighted by atomic mass is 16.5. The molecule has 0 spiro atoms. The standard InChI is InChI=1S/C16H19N3O3/c1-10-9-18-16(21-10)11-3-2-4-12(7-11)19-15(20)14-6-5-13(8-17)22-14/h2-4,7,9,13-14H,5-6,8,17H2,1H3,(H,19,20)/t13-,14+/m1/s1. The van der Waals surface area contributed by atoms with Crippen molar-refractivity contribution < 1.29 is 13.9 Å². The Morgan fingerprint density at radius 2 is 2.32 bits per heavy atom. The fraction of sp³-hybridized carbons (Fsp3) is 0.375. The van der Waals surface area contributed by atoms with Crippen LogP contribution in [-0.2, 0) is 9.53 Å².